The molecule has 2 saturated heterocycles. The van der Waals surface area contributed by atoms with Crippen LogP contribution in [-0.4, -0.2) is 47.1 Å². The van der Waals surface area contributed by atoms with Gasteiger partial charge in [0.2, 0.25) is 0 Å². The molecule has 2 fully saturated rings. The molecule has 2 aliphatic heterocycles. The molecule has 2 N–H and O–H groups in total. The molecular weight excluding hydrogens is 244 g/mol. The smallest absolute Gasteiger partial charge is 0.106 e. The predicted molar refractivity (Wildman–Crippen MR) is 76.9 cm³/mol. The Labute approximate surface area is 113 Å². The van der Waals surface area contributed by atoms with Crippen LogP contribution >= 0.6 is 12.2 Å². The lowest BCUT2D eigenvalue weighted by Crippen LogP contribution is -2.50. The Hall–Kier alpha value is -1.20. The van der Waals surface area contributed by atoms with Crippen LogP contribution in [0.15, 0.2) is 18.5 Å². The molecule has 0 radical (unpaired) electrons. The summed E-state index contributed by atoms with van der Waals surface area (Å²) in [4.78, 5) is 9.65. The minimum atomic E-state index is 0.459. The molecule has 0 aliphatic carbocycles. The van der Waals surface area contributed by atoms with Gasteiger partial charge in [0.25, 0.3) is 0 Å². The SMILES string of the molecule is NC(=S)c1ccncc1N1CCN2CCCC2C1. The highest BCUT2D eigenvalue weighted by molar-refractivity contribution is 7.80. The van der Waals surface area contributed by atoms with Crippen molar-refractivity contribution in [3.8, 4) is 0 Å². The van der Waals surface area contributed by atoms with Gasteiger partial charge >= 0.3 is 0 Å². The molecule has 1 aromatic heterocycles. The van der Waals surface area contributed by atoms with Crippen LogP contribution in [-0.2, 0) is 0 Å². The number of fused-ring (bicyclic) bond motifs is 1. The summed E-state index contributed by atoms with van der Waals surface area (Å²) in [6.07, 6.45) is 6.27. The normalized spacial score (nSPS) is 24.0. The Morgan fingerprint density at radius 2 is 2.28 bits per heavy atom. The number of rotatable bonds is 2. The maximum Gasteiger partial charge on any atom is 0.106 e. The van der Waals surface area contributed by atoms with Gasteiger partial charge in [0.15, 0.2) is 0 Å². The first-order valence-electron chi connectivity index (χ1n) is 6.48. The van der Waals surface area contributed by atoms with E-state index in [9.17, 15) is 0 Å². The molecular formula is C13H18N4S. The second-order valence-corrected chi connectivity index (χ2v) is 5.47. The second-order valence-electron chi connectivity index (χ2n) is 5.04. The largest absolute Gasteiger partial charge is 0.389 e. The third-order valence-corrected chi connectivity index (χ3v) is 4.21. The van der Waals surface area contributed by atoms with Crippen LogP contribution in [0.4, 0.5) is 5.69 Å². The van der Waals surface area contributed by atoms with E-state index in [0.717, 1.165) is 30.9 Å². The highest BCUT2D eigenvalue weighted by atomic mass is 32.1. The number of pyridine rings is 1. The number of nitrogens with two attached hydrogens (primary N) is 1. The van der Waals surface area contributed by atoms with Crippen molar-refractivity contribution in [2.45, 2.75) is 18.9 Å². The molecule has 0 bridgehead atoms. The Morgan fingerprint density at radius 3 is 3.11 bits per heavy atom. The van der Waals surface area contributed by atoms with E-state index in [-0.39, 0.29) is 0 Å². The van der Waals surface area contributed by atoms with E-state index in [1.165, 1.54) is 19.4 Å². The van der Waals surface area contributed by atoms with Gasteiger partial charge in [-0.1, -0.05) is 12.2 Å². The van der Waals surface area contributed by atoms with Gasteiger partial charge in [0.05, 0.1) is 11.9 Å². The summed E-state index contributed by atoms with van der Waals surface area (Å²) in [6, 6.07) is 2.61. The van der Waals surface area contributed by atoms with E-state index in [1.807, 2.05) is 12.3 Å². The van der Waals surface area contributed by atoms with E-state index in [4.69, 9.17) is 18.0 Å². The molecule has 1 unspecified atom stereocenters. The summed E-state index contributed by atoms with van der Waals surface area (Å²) < 4.78 is 0. The van der Waals surface area contributed by atoms with Gasteiger partial charge in [-0.15, -0.1) is 0 Å². The van der Waals surface area contributed by atoms with Crippen molar-refractivity contribution in [3.63, 3.8) is 0 Å². The molecule has 3 heterocycles. The summed E-state index contributed by atoms with van der Waals surface area (Å²) >= 11 is 5.13. The Kier molecular flexibility index (Phi) is 3.18. The molecule has 1 atom stereocenters. The van der Waals surface area contributed by atoms with Crippen LogP contribution in [0, 0.1) is 0 Å². The van der Waals surface area contributed by atoms with Crippen LogP contribution in [0.2, 0.25) is 0 Å². The summed E-state index contributed by atoms with van der Waals surface area (Å²) in [5, 5.41) is 0. The van der Waals surface area contributed by atoms with Crippen molar-refractivity contribution in [2.24, 2.45) is 5.73 Å². The zero-order chi connectivity index (χ0) is 12.5. The lowest BCUT2D eigenvalue weighted by molar-refractivity contribution is 0.231. The molecule has 96 valence electrons. The molecule has 18 heavy (non-hydrogen) atoms. The minimum Gasteiger partial charge on any atom is -0.389 e. The topological polar surface area (TPSA) is 45.4 Å². The van der Waals surface area contributed by atoms with E-state index in [1.54, 1.807) is 6.20 Å². The number of hydrogen-bond acceptors (Lipinski definition) is 4. The lowest BCUT2D eigenvalue weighted by atomic mass is 10.1. The van der Waals surface area contributed by atoms with Crippen LogP contribution in [0.1, 0.15) is 18.4 Å². The van der Waals surface area contributed by atoms with Gasteiger partial charge in [-0.25, -0.2) is 0 Å². The van der Waals surface area contributed by atoms with Crippen molar-refractivity contribution < 1.29 is 0 Å². The molecule has 0 spiro atoms. The lowest BCUT2D eigenvalue weighted by Gasteiger charge is -2.39. The zero-order valence-electron chi connectivity index (χ0n) is 10.4. The third-order valence-electron chi connectivity index (χ3n) is 3.99. The summed E-state index contributed by atoms with van der Waals surface area (Å²) in [5.74, 6) is 0. The van der Waals surface area contributed by atoms with Crippen molar-refractivity contribution in [1.82, 2.24) is 9.88 Å². The maximum absolute atomic E-state index is 5.79. The Morgan fingerprint density at radius 1 is 1.39 bits per heavy atom. The summed E-state index contributed by atoms with van der Waals surface area (Å²) in [6.45, 7) is 4.50. The summed E-state index contributed by atoms with van der Waals surface area (Å²) in [7, 11) is 0. The first-order chi connectivity index (χ1) is 8.75. The first-order valence-corrected chi connectivity index (χ1v) is 6.89. The highest BCUT2D eigenvalue weighted by Gasteiger charge is 2.31. The quantitative estimate of drug-likeness (QED) is 0.806. The van der Waals surface area contributed by atoms with Gasteiger partial charge in [-0.2, -0.15) is 0 Å². The van der Waals surface area contributed by atoms with Gasteiger partial charge in [-0.3, -0.25) is 9.88 Å². The van der Waals surface area contributed by atoms with Gasteiger partial charge < -0.3 is 10.6 Å². The summed E-state index contributed by atoms with van der Waals surface area (Å²) in [5.41, 5.74) is 7.84. The fraction of sp³-hybridized carbons (Fsp3) is 0.538. The molecule has 4 nitrogen and oxygen atoms in total. The second kappa shape index (κ2) is 4.82. The van der Waals surface area contributed by atoms with E-state index >= 15 is 0 Å². The standard InChI is InChI=1S/C13H18N4S/c14-13(18)11-3-4-15-8-12(11)17-7-6-16-5-1-2-10(16)9-17/h3-4,8,10H,1-2,5-7,9H2,(H2,14,18). The Bertz CT molecular complexity index is 462. The van der Waals surface area contributed by atoms with E-state index in [0.29, 0.717) is 11.0 Å². The van der Waals surface area contributed by atoms with E-state index < -0.39 is 0 Å². The number of aromatic nitrogens is 1. The average Bonchev–Trinajstić information content (AvgIpc) is 2.85. The third kappa shape index (κ3) is 2.08. The fourth-order valence-corrected chi connectivity index (χ4v) is 3.23. The van der Waals surface area contributed by atoms with Gasteiger partial charge in [-0.05, 0) is 25.5 Å². The number of piperazine rings is 1. The molecule has 0 saturated carbocycles. The molecule has 3 rings (SSSR count). The molecule has 0 amide bonds. The number of nitrogens with zero attached hydrogens (tertiary/aromatic N) is 3. The number of thiocarbonyl (C=S) groups is 1. The monoisotopic (exact) mass is 262 g/mol. The molecule has 0 aromatic carbocycles. The van der Waals surface area contributed by atoms with E-state index in [2.05, 4.69) is 14.8 Å². The average molecular weight is 262 g/mol. The van der Waals surface area contributed by atoms with Crippen molar-refractivity contribution in [3.05, 3.63) is 24.0 Å². The maximum atomic E-state index is 5.79. The number of hydrogen-bond donors (Lipinski definition) is 1. The van der Waals surface area contributed by atoms with Crippen molar-refractivity contribution in [2.75, 3.05) is 31.1 Å². The van der Waals surface area contributed by atoms with Crippen LogP contribution < -0.4 is 10.6 Å². The minimum absolute atomic E-state index is 0.459. The van der Waals surface area contributed by atoms with Crippen LogP contribution in [0.25, 0.3) is 0 Å². The van der Waals surface area contributed by atoms with Gasteiger partial charge in [0, 0.05) is 37.4 Å². The van der Waals surface area contributed by atoms with Crippen LogP contribution in [0.5, 0.6) is 0 Å². The number of anilines is 1. The van der Waals surface area contributed by atoms with Crippen molar-refractivity contribution >= 4 is 22.9 Å². The predicted octanol–water partition coefficient (Wildman–Crippen LogP) is 1.00. The molecule has 1 aromatic rings. The van der Waals surface area contributed by atoms with Gasteiger partial charge in [0.1, 0.15) is 4.99 Å². The van der Waals surface area contributed by atoms with Crippen molar-refractivity contribution in [1.29, 1.82) is 0 Å². The molecule has 2 aliphatic rings. The van der Waals surface area contributed by atoms with Crippen LogP contribution in [0.3, 0.4) is 0 Å². The Balaban J connectivity index is 1.85. The molecule has 5 heteroatoms. The fourth-order valence-electron chi connectivity index (χ4n) is 3.06. The zero-order valence-corrected chi connectivity index (χ0v) is 11.2. The first kappa shape index (κ1) is 11.9. The highest BCUT2D eigenvalue weighted by Crippen LogP contribution is 2.27.